The zero-order chi connectivity index (χ0) is 15.2. The van der Waals surface area contributed by atoms with Crippen LogP contribution in [0.5, 0.6) is 0 Å². The van der Waals surface area contributed by atoms with E-state index < -0.39 is 5.97 Å². The average Bonchev–Trinajstić information content (AvgIpc) is 2.86. The summed E-state index contributed by atoms with van der Waals surface area (Å²) >= 11 is 1.28. The predicted molar refractivity (Wildman–Crippen MR) is 83.9 cm³/mol. The lowest BCUT2D eigenvalue weighted by Gasteiger charge is -2.16. The van der Waals surface area contributed by atoms with Gasteiger partial charge in [-0.25, -0.2) is 4.79 Å². The molecule has 0 saturated heterocycles. The summed E-state index contributed by atoms with van der Waals surface area (Å²) in [6.45, 7) is 2.52. The summed E-state index contributed by atoms with van der Waals surface area (Å²) in [7, 11) is 0. The van der Waals surface area contributed by atoms with Gasteiger partial charge in [-0.05, 0) is 30.5 Å². The highest BCUT2D eigenvalue weighted by Crippen LogP contribution is 2.21. The van der Waals surface area contributed by atoms with Gasteiger partial charge in [0, 0.05) is 17.5 Å². The standard InChI is InChI=1S/C16H19NO3S/c1-11-13(8-15(21-11)16(19)20)9-17-14(10-18)7-12-5-3-2-4-6-12/h2-6,8,14,17-18H,7,9-10H2,1H3,(H,19,20). The van der Waals surface area contributed by atoms with Crippen LogP contribution in [0.2, 0.25) is 0 Å². The Morgan fingerprint density at radius 3 is 2.62 bits per heavy atom. The van der Waals surface area contributed by atoms with Crippen LogP contribution >= 0.6 is 11.3 Å². The van der Waals surface area contributed by atoms with Crippen LogP contribution in [0.3, 0.4) is 0 Å². The van der Waals surface area contributed by atoms with Gasteiger partial charge in [-0.2, -0.15) is 0 Å². The molecule has 0 aliphatic heterocycles. The third-order valence-corrected chi connectivity index (χ3v) is 4.44. The molecule has 1 unspecified atom stereocenters. The Hall–Kier alpha value is -1.69. The van der Waals surface area contributed by atoms with Crippen LogP contribution in [0, 0.1) is 6.92 Å². The van der Waals surface area contributed by atoms with E-state index in [1.165, 1.54) is 11.3 Å². The van der Waals surface area contributed by atoms with Crippen molar-refractivity contribution in [1.82, 2.24) is 5.32 Å². The number of carboxylic acid groups (broad SMARTS) is 1. The maximum absolute atomic E-state index is 11.0. The van der Waals surface area contributed by atoms with Crippen LogP contribution in [0.15, 0.2) is 36.4 Å². The zero-order valence-corrected chi connectivity index (χ0v) is 12.7. The van der Waals surface area contributed by atoms with E-state index in [9.17, 15) is 9.90 Å². The zero-order valence-electron chi connectivity index (χ0n) is 11.9. The van der Waals surface area contributed by atoms with Gasteiger partial charge in [0.2, 0.25) is 0 Å². The van der Waals surface area contributed by atoms with Crippen molar-refractivity contribution in [2.75, 3.05) is 6.61 Å². The highest BCUT2D eigenvalue weighted by Gasteiger charge is 2.13. The number of rotatable bonds is 7. The van der Waals surface area contributed by atoms with Gasteiger partial charge >= 0.3 is 5.97 Å². The number of aliphatic hydroxyl groups is 1. The molecule has 0 saturated carbocycles. The fraction of sp³-hybridized carbons (Fsp3) is 0.312. The van der Waals surface area contributed by atoms with Crippen molar-refractivity contribution >= 4 is 17.3 Å². The summed E-state index contributed by atoms with van der Waals surface area (Å²) in [4.78, 5) is 12.3. The molecule has 0 aliphatic carbocycles. The Morgan fingerprint density at radius 1 is 1.33 bits per heavy atom. The lowest BCUT2D eigenvalue weighted by molar-refractivity contribution is 0.0702. The number of nitrogens with one attached hydrogen (secondary N) is 1. The summed E-state index contributed by atoms with van der Waals surface area (Å²) in [5, 5.41) is 21.8. The Labute approximate surface area is 128 Å². The van der Waals surface area contributed by atoms with Gasteiger partial charge in [0.1, 0.15) is 4.88 Å². The molecule has 0 spiro atoms. The molecule has 0 radical (unpaired) electrons. The van der Waals surface area contributed by atoms with Crippen LogP contribution < -0.4 is 5.32 Å². The second-order valence-electron chi connectivity index (χ2n) is 4.95. The number of hydrogen-bond acceptors (Lipinski definition) is 4. The first-order chi connectivity index (χ1) is 10.1. The number of thiophene rings is 1. The van der Waals surface area contributed by atoms with E-state index in [0.29, 0.717) is 11.4 Å². The Kier molecular flexibility index (Phi) is 5.50. The van der Waals surface area contributed by atoms with Gasteiger partial charge in [-0.3, -0.25) is 0 Å². The smallest absolute Gasteiger partial charge is 0.345 e. The lowest BCUT2D eigenvalue weighted by Crippen LogP contribution is -2.34. The van der Waals surface area contributed by atoms with Gasteiger partial charge in [-0.15, -0.1) is 11.3 Å². The number of aliphatic hydroxyl groups excluding tert-OH is 1. The molecule has 5 heteroatoms. The molecule has 0 fully saturated rings. The minimum atomic E-state index is -0.891. The first-order valence-electron chi connectivity index (χ1n) is 6.81. The van der Waals surface area contributed by atoms with Crippen LogP contribution in [0.25, 0.3) is 0 Å². The van der Waals surface area contributed by atoms with E-state index in [2.05, 4.69) is 5.32 Å². The molecule has 0 aliphatic rings. The van der Waals surface area contributed by atoms with Crippen molar-refractivity contribution < 1.29 is 15.0 Å². The van der Waals surface area contributed by atoms with Gasteiger partial charge in [0.15, 0.2) is 0 Å². The van der Waals surface area contributed by atoms with Crippen molar-refractivity contribution in [2.24, 2.45) is 0 Å². The van der Waals surface area contributed by atoms with Gasteiger partial charge in [0.25, 0.3) is 0 Å². The molecule has 1 atom stereocenters. The molecule has 2 aromatic rings. The van der Waals surface area contributed by atoms with Crippen molar-refractivity contribution in [2.45, 2.75) is 25.9 Å². The van der Waals surface area contributed by atoms with Crippen molar-refractivity contribution in [3.05, 3.63) is 57.3 Å². The van der Waals surface area contributed by atoms with Crippen molar-refractivity contribution in [3.8, 4) is 0 Å². The molecule has 2 rings (SSSR count). The topological polar surface area (TPSA) is 69.6 Å². The SMILES string of the molecule is Cc1sc(C(=O)O)cc1CNC(CO)Cc1ccccc1. The largest absolute Gasteiger partial charge is 0.477 e. The number of benzene rings is 1. The average molecular weight is 305 g/mol. The molecule has 4 nitrogen and oxygen atoms in total. The summed E-state index contributed by atoms with van der Waals surface area (Å²) in [6, 6.07) is 11.6. The third kappa shape index (κ3) is 4.39. The number of carbonyl (C=O) groups is 1. The minimum Gasteiger partial charge on any atom is -0.477 e. The highest BCUT2D eigenvalue weighted by molar-refractivity contribution is 7.14. The van der Waals surface area contributed by atoms with E-state index in [1.807, 2.05) is 37.3 Å². The summed E-state index contributed by atoms with van der Waals surface area (Å²) in [5.41, 5.74) is 2.14. The van der Waals surface area contributed by atoms with Crippen LogP contribution in [-0.4, -0.2) is 28.8 Å². The normalized spacial score (nSPS) is 12.3. The van der Waals surface area contributed by atoms with Crippen molar-refractivity contribution in [1.29, 1.82) is 0 Å². The highest BCUT2D eigenvalue weighted by atomic mass is 32.1. The first kappa shape index (κ1) is 15.7. The van der Waals surface area contributed by atoms with Crippen LogP contribution in [0.1, 0.15) is 25.7 Å². The number of aromatic carboxylic acids is 1. The van der Waals surface area contributed by atoms with Gasteiger partial charge < -0.3 is 15.5 Å². The fourth-order valence-electron chi connectivity index (χ4n) is 2.15. The first-order valence-corrected chi connectivity index (χ1v) is 7.62. The number of aryl methyl sites for hydroxylation is 1. The van der Waals surface area contributed by atoms with Crippen LogP contribution in [0.4, 0.5) is 0 Å². The molecule has 21 heavy (non-hydrogen) atoms. The Bertz CT molecular complexity index is 595. The van der Waals surface area contributed by atoms with E-state index >= 15 is 0 Å². The molecular weight excluding hydrogens is 286 g/mol. The number of carboxylic acids is 1. The Morgan fingerprint density at radius 2 is 2.05 bits per heavy atom. The molecular formula is C16H19NO3S. The fourth-order valence-corrected chi connectivity index (χ4v) is 3.04. The molecule has 3 N–H and O–H groups in total. The molecule has 0 bridgehead atoms. The minimum absolute atomic E-state index is 0.0417. The summed E-state index contributed by atoms with van der Waals surface area (Å²) < 4.78 is 0. The maximum atomic E-state index is 11.0. The van der Waals surface area contributed by atoms with E-state index in [4.69, 9.17) is 5.11 Å². The summed E-state index contributed by atoms with van der Waals surface area (Å²) in [6.07, 6.45) is 0.742. The lowest BCUT2D eigenvalue weighted by atomic mass is 10.1. The van der Waals surface area contributed by atoms with E-state index in [-0.39, 0.29) is 12.6 Å². The monoisotopic (exact) mass is 305 g/mol. The molecule has 1 aromatic heterocycles. The quantitative estimate of drug-likeness (QED) is 0.735. The van der Waals surface area contributed by atoms with Crippen molar-refractivity contribution in [3.63, 3.8) is 0 Å². The third-order valence-electron chi connectivity index (χ3n) is 3.36. The van der Waals surface area contributed by atoms with E-state index in [0.717, 1.165) is 22.4 Å². The van der Waals surface area contributed by atoms with Gasteiger partial charge in [-0.1, -0.05) is 30.3 Å². The molecule has 112 valence electrons. The maximum Gasteiger partial charge on any atom is 0.345 e. The Balaban J connectivity index is 1.95. The molecule has 0 amide bonds. The molecule has 1 heterocycles. The molecule has 1 aromatic carbocycles. The second kappa shape index (κ2) is 7.36. The second-order valence-corrected chi connectivity index (χ2v) is 6.20. The number of hydrogen-bond donors (Lipinski definition) is 3. The van der Waals surface area contributed by atoms with Gasteiger partial charge in [0.05, 0.1) is 6.61 Å². The van der Waals surface area contributed by atoms with Crippen LogP contribution in [-0.2, 0) is 13.0 Å². The summed E-state index contributed by atoms with van der Waals surface area (Å²) in [5.74, 6) is -0.891. The predicted octanol–water partition coefficient (Wildman–Crippen LogP) is 2.45. The van der Waals surface area contributed by atoms with E-state index in [1.54, 1.807) is 6.07 Å².